The van der Waals surface area contributed by atoms with Crippen molar-refractivity contribution in [1.82, 2.24) is 84.7 Å². The number of aliphatic hydroxyl groups is 1. The quantitative estimate of drug-likeness (QED) is 0.0144. The van der Waals surface area contributed by atoms with E-state index in [1.54, 1.807) is 31.3 Å². The predicted octanol–water partition coefficient (Wildman–Crippen LogP) is 12.8. The number of nitrogen functional groups attached to an aromatic ring is 1. The number of piperazine rings is 3. The number of benzene rings is 7. The summed E-state index contributed by atoms with van der Waals surface area (Å²) in [5.74, 6) is 7.20. The highest BCUT2D eigenvalue weighted by Gasteiger charge is 2.35. The van der Waals surface area contributed by atoms with Crippen molar-refractivity contribution in [2.24, 2.45) is 5.92 Å². The van der Waals surface area contributed by atoms with E-state index in [4.69, 9.17) is 65.2 Å². The van der Waals surface area contributed by atoms with E-state index in [1.165, 1.54) is 24.4 Å². The number of carbonyl (C=O) groups excluding carboxylic acids is 3. The molecule has 12 heterocycles. The summed E-state index contributed by atoms with van der Waals surface area (Å²) < 4.78 is 47.7. The van der Waals surface area contributed by atoms with Crippen LogP contribution in [0.1, 0.15) is 64.5 Å². The lowest BCUT2D eigenvalue weighted by molar-refractivity contribution is -0.134. The van der Waals surface area contributed by atoms with Crippen LogP contribution in [0.15, 0.2) is 193 Å². The van der Waals surface area contributed by atoms with Crippen molar-refractivity contribution in [3.63, 3.8) is 0 Å². The van der Waals surface area contributed by atoms with Crippen LogP contribution < -0.4 is 70.5 Å². The van der Waals surface area contributed by atoms with Gasteiger partial charge >= 0.3 is 0 Å². The molecule has 3 amide bonds. The lowest BCUT2D eigenvalue weighted by Gasteiger charge is -2.34. The molecule has 5 fully saturated rings. The summed E-state index contributed by atoms with van der Waals surface area (Å²) in [6.07, 6.45) is 8.68. The second-order valence-corrected chi connectivity index (χ2v) is 36.2. The lowest BCUT2D eigenvalue weighted by Crippen LogP contribution is -2.45. The first-order chi connectivity index (χ1) is 67.4. The highest BCUT2D eigenvalue weighted by atomic mass is 35.5. The third-order valence-electron chi connectivity index (χ3n) is 24.9. The molecule has 722 valence electrons. The van der Waals surface area contributed by atoms with Crippen LogP contribution in [-0.2, 0) is 32.2 Å². The molecule has 7 aliphatic rings. The molecule has 138 heavy (non-hydrogen) atoms. The average molecular weight is 1910 g/mol. The summed E-state index contributed by atoms with van der Waals surface area (Å²) in [6, 6.07) is 51.8. The molecule has 7 aromatic carbocycles. The van der Waals surface area contributed by atoms with Crippen molar-refractivity contribution >= 4 is 115 Å². The molecule has 0 unspecified atom stereocenters. The van der Waals surface area contributed by atoms with Crippen LogP contribution in [-0.4, -0.2) is 288 Å². The second kappa shape index (κ2) is 46.1. The number of hydrogen-bond donors (Lipinski definition) is 9. The van der Waals surface area contributed by atoms with Gasteiger partial charge in [0.15, 0.2) is 33.9 Å². The van der Waals surface area contributed by atoms with E-state index >= 15 is 0 Å². The molecule has 6 aliphatic heterocycles. The minimum Gasteiger partial charge on any atom is -0.497 e. The van der Waals surface area contributed by atoms with Crippen LogP contribution in [0, 0.1) is 12.8 Å². The Bertz CT molecular complexity index is 6270. The highest BCUT2D eigenvalue weighted by molar-refractivity contribution is 7.99. The van der Waals surface area contributed by atoms with Crippen LogP contribution in [0.2, 0.25) is 5.02 Å². The maximum Gasteiger partial charge on any atom is 0.256 e. The number of hydrogen-bond acceptors (Lipinski definition) is 31. The first kappa shape index (κ1) is 96.2. The topological polar surface area (TPSA) is 394 Å². The molecular formula is C100H117ClN24O12S. The molecule has 1 atom stereocenters. The number of ether oxygens (including phenoxy) is 8. The first-order valence-electron chi connectivity index (χ1n) is 46.6. The Kier molecular flexibility index (Phi) is 32.2. The normalized spacial score (nSPS) is 15.9. The van der Waals surface area contributed by atoms with Crippen molar-refractivity contribution in [3.8, 4) is 51.3 Å². The molecule has 13 aromatic rings. The third kappa shape index (κ3) is 24.7. The van der Waals surface area contributed by atoms with Crippen molar-refractivity contribution < 1.29 is 57.4 Å². The van der Waals surface area contributed by atoms with Crippen LogP contribution in [0.5, 0.6) is 34.5 Å². The van der Waals surface area contributed by atoms with Gasteiger partial charge in [0.1, 0.15) is 83.9 Å². The van der Waals surface area contributed by atoms with Gasteiger partial charge in [0.05, 0.1) is 79.6 Å². The van der Waals surface area contributed by atoms with Gasteiger partial charge < -0.3 is 109 Å². The SMILES string of the molecule is CN1CCN(CCOc2cc(OC3CCOCC3)c3c(Nc4c(Cl)ccc5c4OCO5)ncnc3c2)CC1.CN1CCN(c2ccc(C(=O)Nc3n[nH]c4c3CN(C(=O)[C@H](CO)c3ccccc3)C4)cc2)CC1.COCCNCCOc1ccc(-n2cc(-c3cccc(OC)c3)c3c(N)ncnc32)cc1.Cc1cc(Nc2cc(N3CCN(C)CC3)nc(Sc3ccc(NC(=O)C4CC4)cc3)n2)n[nH]1. The maximum atomic E-state index is 13.1. The van der Waals surface area contributed by atoms with E-state index < -0.39 is 5.92 Å². The summed E-state index contributed by atoms with van der Waals surface area (Å²) in [4.78, 5) is 82.1. The maximum absolute atomic E-state index is 13.1. The summed E-state index contributed by atoms with van der Waals surface area (Å²) in [7, 11) is 9.77. The smallest absolute Gasteiger partial charge is 0.256 e. The Morgan fingerprint density at radius 1 is 0.645 bits per heavy atom. The van der Waals surface area contributed by atoms with Crippen LogP contribution in [0.3, 0.4) is 0 Å². The second-order valence-electron chi connectivity index (χ2n) is 34.7. The number of aliphatic hydroxyl groups excluding tert-OH is 1. The van der Waals surface area contributed by atoms with E-state index in [9.17, 15) is 19.5 Å². The van der Waals surface area contributed by atoms with Crippen molar-refractivity contribution in [2.75, 3.05) is 217 Å². The largest absolute Gasteiger partial charge is 0.497 e. The van der Waals surface area contributed by atoms with Gasteiger partial charge in [-0.25, -0.2) is 29.9 Å². The van der Waals surface area contributed by atoms with E-state index in [0.29, 0.717) is 119 Å². The highest BCUT2D eigenvalue weighted by Crippen LogP contribution is 2.47. The number of nitrogens with two attached hydrogens (primary N) is 1. The molecule has 0 radical (unpaired) electrons. The number of aromatic nitrogens is 11. The van der Waals surface area contributed by atoms with Crippen LogP contribution in [0.4, 0.5) is 52.0 Å². The van der Waals surface area contributed by atoms with Gasteiger partial charge in [-0.2, -0.15) is 10.2 Å². The number of H-pyrrole nitrogens is 2. The zero-order valence-electron chi connectivity index (χ0n) is 78.3. The van der Waals surface area contributed by atoms with Crippen molar-refractivity contribution in [3.05, 3.63) is 216 Å². The predicted molar refractivity (Wildman–Crippen MR) is 533 cm³/mol. The number of amides is 3. The van der Waals surface area contributed by atoms with Gasteiger partial charge in [0.25, 0.3) is 5.91 Å². The number of halogens is 1. The number of nitrogens with zero attached hydrogens (tertiary/aromatic N) is 16. The Balaban J connectivity index is 0.000000128. The molecule has 1 aliphatic carbocycles. The third-order valence-corrected chi connectivity index (χ3v) is 26.1. The van der Waals surface area contributed by atoms with E-state index in [0.717, 1.165) is 219 Å². The number of aromatic amines is 2. The molecular weight excluding hydrogens is 1800 g/mol. The molecule has 6 aromatic heterocycles. The number of aryl methyl sites for hydroxylation is 1. The van der Waals surface area contributed by atoms with Gasteiger partial charge in [0, 0.05) is 199 Å². The molecule has 1 saturated carbocycles. The molecule has 36 nitrogen and oxygen atoms in total. The molecule has 4 saturated heterocycles. The molecule has 38 heteroatoms. The first-order valence-corrected chi connectivity index (χ1v) is 47.8. The fraction of sp³-hybridized carbons (Fsp3) is 0.370. The number of rotatable bonds is 31. The Hall–Kier alpha value is -13.5. The van der Waals surface area contributed by atoms with E-state index in [2.05, 4.69) is 117 Å². The van der Waals surface area contributed by atoms with E-state index in [-0.39, 0.29) is 43.1 Å². The molecule has 20 rings (SSSR count). The minimum absolute atomic E-state index is 0.0295. The number of fused-ring (bicyclic) bond motifs is 4. The Morgan fingerprint density at radius 3 is 2.09 bits per heavy atom. The summed E-state index contributed by atoms with van der Waals surface area (Å²) >= 11 is 8.05. The Morgan fingerprint density at radius 2 is 1.37 bits per heavy atom. The summed E-state index contributed by atoms with van der Waals surface area (Å²) in [5.41, 5.74) is 17.0. The van der Waals surface area contributed by atoms with Gasteiger partial charge in [-0.1, -0.05) is 54.1 Å². The fourth-order valence-corrected chi connectivity index (χ4v) is 17.8. The van der Waals surface area contributed by atoms with Crippen LogP contribution in [0.25, 0.3) is 38.8 Å². The summed E-state index contributed by atoms with van der Waals surface area (Å²) in [6.45, 7) is 20.3. The van der Waals surface area contributed by atoms with Gasteiger partial charge in [-0.05, 0) is 161 Å². The zero-order valence-corrected chi connectivity index (χ0v) is 79.9. The fourth-order valence-electron chi connectivity index (χ4n) is 16.8. The van der Waals surface area contributed by atoms with E-state index in [1.807, 2.05) is 169 Å². The number of nitrogens with one attached hydrogen (secondary N) is 7. The zero-order chi connectivity index (χ0) is 95.4. The molecule has 0 bridgehead atoms. The summed E-state index contributed by atoms with van der Waals surface area (Å²) in [5, 5.41) is 42.8. The van der Waals surface area contributed by atoms with Gasteiger partial charge in [-0.15, -0.1) is 0 Å². The number of methoxy groups -OCH3 is 2. The van der Waals surface area contributed by atoms with Gasteiger partial charge in [0.2, 0.25) is 18.6 Å². The van der Waals surface area contributed by atoms with Crippen molar-refractivity contribution in [2.45, 2.75) is 67.8 Å². The number of anilines is 9. The molecule has 0 spiro atoms. The number of likely N-dealkylation sites (N-methyl/N-ethyl adjacent to an activating group) is 3. The monoisotopic (exact) mass is 1910 g/mol. The standard InChI is InChI=1S/C27H32ClN5O5.C26H30N6O3.C24H27N5O3.C23H28N8OS/c1-32-6-8-33(9-7-32)10-13-35-19-14-21-24(23(15-19)38-18-4-11-34-12-5-18)27(30-16-29-21)31-25-20(28)2-3-22-26(25)37-17-36-22;1-30-11-13-31(14-12-30)20-9-7-19(8-10-20)25(34)27-24-21-15-32(16-23(21)28-29-24)26(35)22(17-33)18-5-3-2-4-6-18;1-30-12-10-26-11-13-32-19-8-6-18(7-9-19)29-15-21(17-4-3-5-20(14-17)31-2)22-23(25)27-16-28-24(22)29;1-15-13-20(29-28-15)25-19-14-21(31-11-9-30(2)10-12-31)27-23(26-19)33-18-7-5-17(6-8-18)24-22(32)16-3-4-16/h2-3,14-16,18H,4-13,17H2,1H3,(H,29,30,31);2-10,22,33H,11-17H2,1H3,(H2,27,28,29,34);3-9,14-16,26H,10-13H2,1-2H3,(H2,25,27,28);5-8,13-14,16H,3-4,9-12H2,1-2H3,(H,24,32)(H2,25,26,27,28,29)/t;22-;;/m.1../s1. The van der Waals surface area contributed by atoms with Crippen LogP contribution >= 0.6 is 23.4 Å². The minimum atomic E-state index is -0.620. The lowest BCUT2D eigenvalue weighted by atomic mass is 9.98. The number of carbonyl (C=O) groups is 3. The molecule has 10 N–H and O–H groups in total. The van der Waals surface area contributed by atoms with Crippen molar-refractivity contribution in [1.29, 1.82) is 0 Å². The Labute approximate surface area is 809 Å². The average Bonchev–Trinajstić information content (AvgIpc) is 1.50. The van der Waals surface area contributed by atoms with Gasteiger partial charge in [-0.3, -0.25) is 29.5 Å².